The molecule has 0 unspecified atom stereocenters. The smallest absolute Gasteiger partial charge is 0.316 e. The zero-order chi connectivity index (χ0) is 26.6. The predicted octanol–water partition coefficient (Wildman–Crippen LogP) is 4.56. The summed E-state index contributed by atoms with van der Waals surface area (Å²) >= 11 is 0. The van der Waals surface area contributed by atoms with Crippen LogP contribution in [0.15, 0.2) is 77.7 Å². The van der Waals surface area contributed by atoms with Crippen molar-refractivity contribution in [2.45, 2.75) is 43.5 Å². The predicted molar refractivity (Wildman–Crippen MR) is 138 cm³/mol. The van der Waals surface area contributed by atoms with Crippen molar-refractivity contribution >= 4 is 27.6 Å². The van der Waals surface area contributed by atoms with Gasteiger partial charge in [0.05, 0.1) is 23.5 Å². The van der Waals surface area contributed by atoms with E-state index in [9.17, 15) is 22.4 Å². The summed E-state index contributed by atoms with van der Waals surface area (Å²) in [5.74, 6) is -1.39. The van der Waals surface area contributed by atoms with Crippen LogP contribution in [0.2, 0.25) is 0 Å². The van der Waals surface area contributed by atoms with Crippen molar-refractivity contribution < 1.29 is 27.1 Å². The average Bonchev–Trinajstić information content (AvgIpc) is 3.68. The number of aryl methyl sites for hydroxylation is 1. The number of halogens is 1. The molecule has 1 saturated carbocycles. The Bertz CT molecular complexity index is 1380. The molecule has 194 valence electrons. The highest BCUT2D eigenvalue weighted by Gasteiger charge is 2.52. The molecule has 4 rings (SSSR count). The number of carbonyl (C=O) groups is 2. The minimum Gasteiger partial charge on any atom is -0.465 e. The van der Waals surface area contributed by atoms with Gasteiger partial charge in [0.15, 0.2) is 0 Å². The summed E-state index contributed by atoms with van der Waals surface area (Å²) in [5.41, 5.74) is 1.68. The molecule has 0 bridgehead atoms. The molecule has 0 atom stereocenters. The highest BCUT2D eigenvalue weighted by atomic mass is 32.2. The zero-order valence-corrected chi connectivity index (χ0v) is 21.6. The number of carbonyl (C=O) groups excluding carboxylic acids is 2. The van der Waals surface area contributed by atoms with E-state index in [1.807, 2.05) is 6.92 Å². The molecule has 7 nitrogen and oxygen atoms in total. The lowest BCUT2D eigenvalue weighted by atomic mass is 9.96. The standard InChI is InChI=1S/C28H29FN2O5S/c1-3-36-27(33)28(16-17-28)22-10-12-23(13-11-22)30-26(32)19-31(18-21-6-4-5-7-25(21)29)37(34,35)24-14-8-20(2)9-15-24/h4-15H,3,16-19H2,1-2H3,(H,30,32). The van der Waals surface area contributed by atoms with Gasteiger partial charge in [0.2, 0.25) is 15.9 Å². The number of hydrogen-bond acceptors (Lipinski definition) is 5. The van der Waals surface area contributed by atoms with Crippen LogP contribution in [0.5, 0.6) is 0 Å². The Kier molecular flexibility index (Phi) is 7.75. The van der Waals surface area contributed by atoms with Crippen LogP contribution in [-0.2, 0) is 36.3 Å². The monoisotopic (exact) mass is 524 g/mol. The van der Waals surface area contributed by atoms with E-state index in [2.05, 4.69) is 5.32 Å². The van der Waals surface area contributed by atoms with E-state index in [0.717, 1.165) is 15.4 Å². The molecule has 0 aromatic heterocycles. The van der Waals surface area contributed by atoms with Crippen molar-refractivity contribution in [3.63, 3.8) is 0 Å². The van der Waals surface area contributed by atoms with Crippen LogP contribution in [0, 0.1) is 12.7 Å². The Morgan fingerprint density at radius 1 is 1.00 bits per heavy atom. The number of anilines is 1. The lowest BCUT2D eigenvalue weighted by Crippen LogP contribution is -2.37. The van der Waals surface area contributed by atoms with Gasteiger partial charge >= 0.3 is 5.97 Å². The first-order valence-corrected chi connectivity index (χ1v) is 13.5. The summed E-state index contributed by atoms with van der Waals surface area (Å²) in [6.45, 7) is 3.09. The molecule has 0 radical (unpaired) electrons. The van der Waals surface area contributed by atoms with Gasteiger partial charge < -0.3 is 10.1 Å². The maximum atomic E-state index is 14.4. The fourth-order valence-corrected chi connectivity index (χ4v) is 5.51. The van der Waals surface area contributed by atoms with Crippen molar-refractivity contribution in [1.29, 1.82) is 0 Å². The van der Waals surface area contributed by atoms with E-state index in [1.165, 1.54) is 30.3 Å². The Morgan fingerprint density at radius 2 is 1.65 bits per heavy atom. The lowest BCUT2D eigenvalue weighted by Gasteiger charge is -2.22. The number of nitrogens with zero attached hydrogens (tertiary/aromatic N) is 1. The molecule has 0 saturated heterocycles. The Hall–Kier alpha value is -3.56. The summed E-state index contributed by atoms with van der Waals surface area (Å²) in [6, 6.07) is 19.0. The number of nitrogens with one attached hydrogen (secondary N) is 1. The van der Waals surface area contributed by atoms with E-state index < -0.39 is 33.7 Å². The van der Waals surface area contributed by atoms with Crippen LogP contribution >= 0.6 is 0 Å². The third kappa shape index (κ3) is 5.89. The molecular weight excluding hydrogens is 495 g/mol. The van der Waals surface area contributed by atoms with Gasteiger partial charge in [0, 0.05) is 17.8 Å². The highest BCUT2D eigenvalue weighted by molar-refractivity contribution is 7.89. The van der Waals surface area contributed by atoms with Crippen LogP contribution in [0.3, 0.4) is 0 Å². The van der Waals surface area contributed by atoms with Crippen molar-refractivity contribution in [1.82, 2.24) is 4.31 Å². The number of hydrogen-bond donors (Lipinski definition) is 1. The molecule has 0 aliphatic heterocycles. The summed E-state index contributed by atoms with van der Waals surface area (Å²) in [5, 5.41) is 2.70. The van der Waals surface area contributed by atoms with Crippen LogP contribution in [-0.4, -0.2) is 37.8 Å². The highest BCUT2D eigenvalue weighted by Crippen LogP contribution is 2.49. The Balaban J connectivity index is 1.52. The van der Waals surface area contributed by atoms with Gasteiger partial charge in [0.25, 0.3) is 0 Å². The fraction of sp³-hybridized carbons (Fsp3) is 0.286. The second-order valence-electron chi connectivity index (χ2n) is 9.11. The second-order valence-corrected chi connectivity index (χ2v) is 11.0. The molecule has 3 aromatic rings. The maximum absolute atomic E-state index is 14.4. The van der Waals surface area contributed by atoms with Gasteiger partial charge in [-0.25, -0.2) is 12.8 Å². The summed E-state index contributed by atoms with van der Waals surface area (Å²) in [4.78, 5) is 25.3. The molecular formula is C28H29FN2O5S. The molecule has 0 heterocycles. The van der Waals surface area contributed by atoms with E-state index in [0.29, 0.717) is 25.1 Å². The summed E-state index contributed by atoms with van der Waals surface area (Å²) in [6.07, 6.45) is 1.42. The number of rotatable bonds is 10. The first kappa shape index (κ1) is 26.5. The fourth-order valence-electron chi connectivity index (χ4n) is 4.14. The van der Waals surface area contributed by atoms with Crippen molar-refractivity contribution in [3.05, 3.63) is 95.3 Å². The molecule has 1 amide bonds. The van der Waals surface area contributed by atoms with Crippen molar-refractivity contribution in [2.24, 2.45) is 0 Å². The van der Waals surface area contributed by atoms with Crippen molar-refractivity contribution in [2.75, 3.05) is 18.5 Å². The molecule has 1 fully saturated rings. The summed E-state index contributed by atoms with van der Waals surface area (Å²) < 4.78 is 47.3. The minimum atomic E-state index is -4.10. The SMILES string of the molecule is CCOC(=O)C1(c2ccc(NC(=O)CN(Cc3ccccc3F)S(=O)(=O)c3ccc(C)cc3)cc2)CC1. The van der Waals surface area contributed by atoms with E-state index >= 15 is 0 Å². The Morgan fingerprint density at radius 3 is 2.24 bits per heavy atom. The van der Waals surface area contributed by atoms with Crippen LogP contribution in [0.1, 0.15) is 36.5 Å². The van der Waals surface area contributed by atoms with Gasteiger partial charge in [-0.1, -0.05) is 48.0 Å². The van der Waals surface area contributed by atoms with Gasteiger partial charge in [-0.05, 0) is 62.6 Å². The van der Waals surface area contributed by atoms with Gasteiger partial charge in [-0.3, -0.25) is 9.59 Å². The van der Waals surface area contributed by atoms with E-state index in [-0.39, 0.29) is 23.0 Å². The number of sulfonamides is 1. The molecule has 1 aliphatic rings. The van der Waals surface area contributed by atoms with Gasteiger partial charge in [0.1, 0.15) is 5.82 Å². The third-order valence-corrected chi connectivity index (χ3v) is 8.23. The Labute approximate surface area is 216 Å². The molecule has 37 heavy (non-hydrogen) atoms. The summed E-state index contributed by atoms with van der Waals surface area (Å²) in [7, 11) is -4.10. The number of esters is 1. The van der Waals surface area contributed by atoms with Crippen LogP contribution in [0.4, 0.5) is 10.1 Å². The quantitative estimate of drug-likeness (QED) is 0.393. The topological polar surface area (TPSA) is 92.8 Å². The number of ether oxygens (including phenoxy) is 1. The molecule has 1 aliphatic carbocycles. The molecule has 3 aromatic carbocycles. The third-order valence-electron chi connectivity index (χ3n) is 6.42. The van der Waals surface area contributed by atoms with E-state index in [4.69, 9.17) is 4.74 Å². The molecule has 0 spiro atoms. The lowest BCUT2D eigenvalue weighted by molar-refractivity contribution is -0.146. The zero-order valence-electron chi connectivity index (χ0n) is 20.7. The van der Waals surface area contributed by atoms with Crippen LogP contribution in [0.25, 0.3) is 0 Å². The largest absolute Gasteiger partial charge is 0.465 e. The minimum absolute atomic E-state index is 0.0142. The van der Waals surface area contributed by atoms with Crippen LogP contribution < -0.4 is 5.32 Å². The van der Waals surface area contributed by atoms with Gasteiger partial charge in [-0.2, -0.15) is 4.31 Å². The van der Waals surface area contributed by atoms with Crippen molar-refractivity contribution in [3.8, 4) is 0 Å². The molecule has 9 heteroatoms. The maximum Gasteiger partial charge on any atom is 0.316 e. The molecule has 1 N–H and O–H groups in total. The van der Waals surface area contributed by atoms with Gasteiger partial charge in [-0.15, -0.1) is 0 Å². The second kappa shape index (κ2) is 10.8. The number of amides is 1. The first-order valence-electron chi connectivity index (χ1n) is 12.0. The normalized spacial score (nSPS) is 14.3. The number of benzene rings is 3. The van der Waals surface area contributed by atoms with E-state index in [1.54, 1.807) is 49.4 Å². The first-order chi connectivity index (χ1) is 17.7. The average molecular weight is 525 g/mol.